The zero-order valence-corrected chi connectivity index (χ0v) is 7.19. The minimum atomic E-state index is -0.240. The van der Waals surface area contributed by atoms with Crippen molar-refractivity contribution in [2.75, 3.05) is 13.1 Å². The fourth-order valence-electron chi connectivity index (χ4n) is 1.62. The number of rotatable bonds is 2. The van der Waals surface area contributed by atoms with Crippen LogP contribution in [0.5, 0.6) is 0 Å². The van der Waals surface area contributed by atoms with Crippen molar-refractivity contribution in [3.05, 3.63) is 0 Å². The van der Waals surface area contributed by atoms with Gasteiger partial charge in [0.25, 0.3) is 0 Å². The van der Waals surface area contributed by atoms with Gasteiger partial charge in [-0.05, 0) is 18.9 Å². The molecule has 2 N–H and O–H groups in total. The molecule has 1 heterocycles. The van der Waals surface area contributed by atoms with E-state index in [1.165, 1.54) is 6.92 Å². The van der Waals surface area contributed by atoms with Crippen molar-refractivity contribution in [3.63, 3.8) is 0 Å². The molecule has 0 aromatic heterocycles. The highest BCUT2D eigenvalue weighted by Gasteiger charge is 2.32. The number of carbonyl (C=O) groups excluding carboxylic acids is 2. The molecule has 0 bridgehead atoms. The average Bonchev–Trinajstić information content (AvgIpc) is 2.47. The van der Waals surface area contributed by atoms with Gasteiger partial charge in [-0.1, -0.05) is 0 Å². The topological polar surface area (TPSA) is 63.4 Å². The van der Waals surface area contributed by atoms with Crippen molar-refractivity contribution < 1.29 is 9.59 Å². The van der Waals surface area contributed by atoms with Crippen LogP contribution in [0.25, 0.3) is 0 Å². The molecule has 1 fully saturated rings. The molecule has 0 saturated carbocycles. The molecule has 0 spiro atoms. The van der Waals surface area contributed by atoms with Crippen LogP contribution in [0.3, 0.4) is 0 Å². The third-order valence-electron chi connectivity index (χ3n) is 2.32. The molecule has 1 saturated heterocycles. The Bertz CT molecular complexity index is 193. The van der Waals surface area contributed by atoms with Crippen molar-refractivity contribution in [3.8, 4) is 0 Å². The van der Waals surface area contributed by atoms with Crippen molar-refractivity contribution >= 4 is 12.2 Å². The number of nitrogens with two attached hydrogens (primary N) is 1. The number of nitrogens with zero attached hydrogens (tertiary/aromatic N) is 1. The Morgan fingerprint density at radius 2 is 2.42 bits per heavy atom. The molecule has 1 aliphatic heterocycles. The normalized spacial score (nSPS) is 29.0. The van der Waals surface area contributed by atoms with Gasteiger partial charge in [0.15, 0.2) is 0 Å². The van der Waals surface area contributed by atoms with Crippen LogP contribution >= 0.6 is 0 Å². The average molecular weight is 170 g/mol. The molecule has 0 aromatic rings. The predicted octanol–water partition coefficient (Wildman–Crippen LogP) is -0.619. The summed E-state index contributed by atoms with van der Waals surface area (Å²) in [4.78, 5) is 23.1. The van der Waals surface area contributed by atoms with E-state index >= 15 is 0 Å². The third kappa shape index (κ3) is 1.64. The van der Waals surface area contributed by atoms with Gasteiger partial charge >= 0.3 is 0 Å². The summed E-state index contributed by atoms with van der Waals surface area (Å²) in [5.74, 6) is 0.257. The molecule has 2 atom stereocenters. The summed E-state index contributed by atoms with van der Waals surface area (Å²) in [7, 11) is 0. The Labute approximate surface area is 71.7 Å². The molecule has 4 heteroatoms. The largest absolute Gasteiger partial charge is 0.333 e. The van der Waals surface area contributed by atoms with E-state index in [-0.39, 0.29) is 11.9 Å². The third-order valence-corrected chi connectivity index (χ3v) is 2.32. The van der Waals surface area contributed by atoms with Crippen molar-refractivity contribution in [2.24, 2.45) is 11.7 Å². The molecule has 0 aromatic carbocycles. The van der Waals surface area contributed by atoms with Crippen LogP contribution in [-0.4, -0.2) is 36.2 Å². The van der Waals surface area contributed by atoms with E-state index in [1.54, 1.807) is 4.90 Å². The van der Waals surface area contributed by atoms with Gasteiger partial charge in [0.1, 0.15) is 6.29 Å². The lowest BCUT2D eigenvalue weighted by Gasteiger charge is -2.17. The molecule has 0 radical (unpaired) electrons. The van der Waals surface area contributed by atoms with Crippen LogP contribution in [0.15, 0.2) is 0 Å². The smallest absolute Gasteiger partial charge is 0.220 e. The van der Waals surface area contributed by atoms with Crippen LogP contribution in [-0.2, 0) is 9.59 Å². The molecular formula is C8H14N2O2. The van der Waals surface area contributed by atoms with Crippen LogP contribution in [0.2, 0.25) is 0 Å². The second-order valence-electron chi connectivity index (χ2n) is 3.21. The maximum atomic E-state index is 11.0. The second kappa shape index (κ2) is 3.67. The predicted molar refractivity (Wildman–Crippen MR) is 44.4 cm³/mol. The first-order valence-corrected chi connectivity index (χ1v) is 4.11. The number of amides is 1. The zero-order chi connectivity index (χ0) is 9.14. The molecule has 1 unspecified atom stereocenters. The van der Waals surface area contributed by atoms with Crippen LogP contribution in [0.4, 0.5) is 0 Å². The summed E-state index contributed by atoms with van der Waals surface area (Å²) >= 11 is 0. The first kappa shape index (κ1) is 9.19. The standard InChI is InChI=1S/C8H14N2O2/c1-6(12)10-4-7(3-9)2-8(10)5-11/h5,7-8H,2-4,9H2,1H3/t7?,8-/m0/s1. The first-order chi connectivity index (χ1) is 5.69. The molecular weight excluding hydrogens is 156 g/mol. The number of hydrogen-bond acceptors (Lipinski definition) is 3. The lowest BCUT2D eigenvalue weighted by Crippen LogP contribution is -2.34. The molecule has 1 rings (SSSR count). The summed E-state index contributed by atoms with van der Waals surface area (Å²) in [6.07, 6.45) is 1.55. The fraction of sp³-hybridized carbons (Fsp3) is 0.750. The SMILES string of the molecule is CC(=O)N1CC(CN)C[C@H]1C=O. The second-order valence-corrected chi connectivity index (χ2v) is 3.21. The molecule has 4 nitrogen and oxygen atoms in total. The highest BCUT2D eigenvalue weighted by Crippen LogP contribution is 2.20. The van der Waals surface area contributed by atoms with Crippen LogP contribution in [0.1, 0.15) is 13.3 Å². The summed E-state index contributed by atoms with van der Waals surface area (Å²) in [5, 5.41) is 0. The van der Waals surface area contributed by atoms with E-state index < -0.39 is 0 Å². The minimum absolute atomic E-state index is 0.0388. The van der Waals surface area contributed by atoms with Gasteiger partial charge in [-0.3, -0.25) is 4.79 Å². The van der Waals surface area contributed by atoms with Gasteiger partial charge in [-0.25, -0.2) is 0 Å². The number of carbonyl (C=O) groups is 2. The lowest BCUT2D eigenvalue weighted by atomic mass is 10.1. The number of hydrogen-bond donors (Lipinski definition) is 1. The quantitative estimate of drug-likeness (QED) is 0.562. The summed E-state index contributed by atoms with van der Waals surface area (Å²) in [6.45, 7) is 2.67. The maximum absolute atomic E-state index is 11.0. The number of aldehydes is 1. The Hall–Kier alpha value is -0.900. The summed E-state index contributed by atoms with van der Waals surface area (Å²) in [5.41, 5.74) is 5.46. The zero-order valence-electron chi connectivity index (χ0n) is 7.19. The van der Waals surface area contributed by atoms with Crippen molar-refractivity contribution in [1.29, 1.82) is 0 Å². The van der Waals surface area contributed by atoms with Gasteiger partial charge in [0, 0.05) is 13.5 Å². The molecule has 1 amide bonds. The van der Waals surface area contributed by atoms with Gasteiger partial charge < -0.3 is 15.4 Å². The van der Waals surface area contributed by atoms with E-state index in [0.29, 0.717) is 19.0 Å². The van der Waals surface area contributed by atoms with Gasteiger partial charge in [-0.2, -0.15) is 0 Å². The van der Waals surface area contributed by atoms with Gasteiger partial charge in [-0.15, -0.1) is 0 Å². The summed E-state index contributed by atoms with van der Waals surface area (Å²) in [6, 6.07) is -0.240. The molecule has 68 valence electrons. The minimum Gasteiger partial charge on any atom is -0.333 e. The molecule has 1 aliphatic rings. The Morgan fingerprint density at radius 1 is 1.75 bits per heavy atom. The lowest BCUT2D eigenvalue weighted by molar-refractivity contribution is -0.132. The fourth-order valence-corrected chi connectivity index (χ4v) is 1.62. The van der Waals surface area contributed by atoms with E-state index in [0.717, 1.165) is 12.7 Å². The van der Waals surface area contributed by atoms with Crippen molar-refractivity contribution in [2.45, 2.75) is 19.4 Å². The summed E-state index contributed by atoms with van der Waals surface area (Å²) < 4.78 is 0. The van der Waals surface area contributed by atoms with E-state index in [2.05, 4.69) is 0 Å². The van der Waals surface area contributed by atoms with Crippen LogP contribution in [0, 0.1) is 5.92 Å². The number of likely N-dealkylation sites (tertiary alicyclic amines) is 1. The van der Waals surface area contributed by atoms with E-state index in [9.17, 15) is 9.59 Å². The monoisotopic (exact) mass is 170 g/mol. The Morgan fingerprint density at radius 3 is 2.75 bits per heavy atom. The molecule has 0 aliphatic carbocycles. The van der Waals surface area contributed by atoms with Gasteiger partial charge in [0.2, 0.25) is 5.91 Å². The Balaban J connectivity index is 2.62. The van der Waals surface area contributed by atoms with Crippen LogP contribution < -0.4 is 5.73 Å². The van der Waals surface area contributed by atoms with Gasteiger partial charge in [0.05, 0.1) is 6.04 Å². The van der Waals surface area contributed by atoms with E-state index in [1.807, 2.05) is 0 Å². The Kier molecular flexibility index (Phi) is 2.81. The molecule has 12 heavy (non-hydrogen) atoms. The highest BCUT2D eigenvalue weighted by molar-refractivity contribution is 5.78. The maximum Gasteiger partial charge on any atom is 0.220 e. The van der Waals surface area contributed by atoms with E-state index in [4.69, 9.17) is 5.73 Å². The first-order valence-electron chi connectivity index (χ1n) is 4.11. The highest BCUT2D eigenvalue weighted by atomic mass is 16.2. The van der Waals surface area contributed by atoms with Crippen molar-refractivity contribution in [1.82, 2.24) is 4.90 Å².